The van der Waals surface area contributed by atoms with Crippen molar-refractivity contribution in [3.05, 3.63) is 167 Å². The van der Waals surface area contributed by atoms with Crippen molar-refractivity contribution >= 4 is 71.0 Å². The molecule has 0 N–H and O–H groups in total. The molecule has 292 valence electrons. The highest BCUT2D eigenvalue weighted by Gasteiger charge is 2.20. The third-order valence-electron chi connectivity index (χ3n) is 10.7. The van der Waals surface area contributed by atoms with Gasteiger partial charge in [0.15, 0.2) is 0 Å². The van der Waals surface area contributed by atoms with Gasteiger partial charge in [0.25, 0.3) is 0 Å². The van der Waals surface area contributed by atoms with E-state index >= 15 is 0 Å². The van der Waals surface area contributed by atoms with Gasteiger partial charge in [0.2, 0.25) is 0 Å². The van der Waals surface area contributed by atoms with Crippen LogP contribution in [0.3, 0.4) is 0 Å². The molecule has 0 atom stereocenters. The van der Waals surface area contributed by atoms with E-state index in [4.69, 9.17) is 9.47 Å². The molecule has 5 heteroatoms. The van der Waals surface area contributed by atoms with Crippen LogP contribution >= 0.6 is 11.8 Å². The van der Waals surface area contributed by atoms with Crippen LogP contribution in [-0.2, 0) is 12.8 Å². The molecule has 0 heterocycles. The van der Waals surface area contributed by atoms with Gasteiger partial charge >= 0.3 is 0 Å². The summed E-state index contributed by atoms with van der Waals surface area (Å²) in [7, 11) is 0.282. The number of hydrogen-bond acceptors (Lipinski definition) is 3. The Kier molecular flexibility index (Phi) is 11.2. The summed E-state index contributed by atoms with van der Waals surface area (Å²) in [6, 6.07) is 48.2. The molecular formula is C54H50O2SSi2. The highest BCUT2D eigenvalue weighted by Crippen LogP contribution is 2.42. The lowest BCUT2D eigenvalue weighted by molar-refractivity contribution is 0.414. The maximum Gasteiger partial charge on any atom is 0.129 e. The van der Waals surface area contributed by atoms with E-state index in [2.05, 4.69) is 196 Å². The standard InChI is InChI=1S/C54H50O2SSi2/c1-55-39-25-27-53(37(33-39)35-51-45-21-13-9-17-41(45)49(29-31-58(3,4)5)42-18-10-14-22-46(42)51)57-54-28-26-40(56-2)34-38(54)36-52-47-23-15-11-19-43(47)50(30-32-59(6,7)8)44-20-12-16-24-48(44)52/h9-28,33-34H,35-36H2,1-8H3. The zero-order valence-corrected chi connectivity index (χ0v) is 38.2. The summed E-state index contributed by atoms with van der Waals surface area (Å²) in [4.78, 5) is 2.39. The maximum atomic E-state index is 5.87. The predicted octanol–water partition coefficient (Wildman–Crippen LogP) is 14.1. The minimum absolute atomic E-state index is 0.739. The van der Waals surface area contributed by atoms with E-state index < -0.39 is 16.1 Å². The first-order valence-corrected chi connectivity index (χ1v) is 28.1. The molecule has 0 radical (unpaired) electrons. The topological polar surface area (TPSA) is 18.5 Å². The van der Waals surface area contributed by atoms with Crippen molar-refractivity contribution in [2.45, 2.75) is 61.9 Å². The summed E-state index contributed by atoms with van der Waals surface area (Å²) in [6.07, 6.45) is 1.48. The maximum absolute atomic E-state index is 5.87. The minimum Gasteiger partial charge on any atom is -0.497 e. The van der Waals surface area contributed by atoms with Crippen LogP contribution in [0.2, 0.25) is 39.3 Å². The summed E-state index contributed by atoms with van der Waals surface area (Å²) in [5.41, 5.74) is 14.6. The lowest BCUT2D eigenvalue weighted by Gasteiger charge is -2.19. The van der Waals surface area contributed by atoms with E-state index in [0.717, 1.165) is 35.5 Å². The number of hydrogen-bond donors (Lipinski definition) is 0. The summed E-state index contributed by atoms with van der Waals surface area (Å²) < 4.78 is 11.7. The van der Waals surface area contributed by atoms with Crippen molar-refractivity contribution in [3.63, 3.8) is 0 Å². The predicted molar refractivity (Wildman–Crippen MR) is 259 cm³/mol. The monoisotopic (exact) mass is 818 g/mol. The number of rotatable bonds is 8. The molecule has 8 rings (SSSR count). The molecule has 8 aromatic rings. The van der Waals surface area contributed by atoms with E-state index in [1.807, 2.05) is 11.8 Å². The van der Waals surface area contributed by atoms with Crippen LogP contribution in [0, 0.1) is 22.9 Å². The van der Waals surface area contributed by atoms with Gasteiger partial charge in [0, 0.05) is 20.9 Å². The molecule has 59 heavy (non-hydrogen) atoms. The van der Waals surface area contributed by atoms with Crippen LogP contribution in [0.25, 0.3) is 43.1 Å². The quantitative estimate of drug-likeness (QED) is 0.0864. The third-order valence-corrected chi connectivity index (χ3v) is 13.7. The van der Waals surface area contributed by atoms with Crippen molar-refractivity contribution in [1.82, 2.24) is 0 Å². The van der Waals surface area contributed by atoms with Crippen molar-refractivity contribution in [2.24, 2.45) is 0 Å². The largest absolute Gasteiger partial charge is 0.497 e. The van der Waals surface area contributed by atoms with Gasteiger partial charge in [-0.2, -0.15) is 0 Å². The molecule has 0 saturated heterocycles. The number of fused-ring (bicyclic) bond motifs is 4. The van der Waals surface area contributed by atoms with Gasteiger partial charge in [-0.1, -0.05) is 160 Å². The second kappa shape index (κ2) is 16.5. The second-order valence-corrected chi connectivity index (χ2v) is 27.9. The minimum atomic E-state index is -1.61. The molecule has 0 unspecified atom stereocenters. The second-order valence-electron chi connectivity index (χ2n) is 17.3. The van der Waals surface area contributed by atoms with E-state index in [1.165, 1.54) is 75.1 Å². The smallest absolute Gasteiger partial charge is 0.129 e. The highest BCUT2D eigenvalue weighted by molar-refractivity contribution is 7.99. The summed E-state index contributed by atoms with van der Waals surface area (Å²) >= 11 is 1.82. The first-order chi connectivity index (χ1) is 28.4. The fourth-order valence-electron chi connectivity index (χ4n) is 7.93. The Labute approximate surface area is 356 Å². The normalized spacial score (nSPS) is 11.7. The molecule has 0 bridgehead atoms. The zero-order valence-electron chi connectivity index (χ0n) is 35.3. The van der Waals surface area contributed by atoms with Gasteiger partial charge in [-0.05, 0) is 115 Å². The van der Waals surface area contributed by atoms with Crippen molar-refractivity contribution in [2.75, 3.05) is 14.2 Å². The van der Waals surface area contributed by atoms with Gasteiger partial charge in [0.1, 0.15) is 27.6 Å². The lowest BCUT2D eigenvalue weighted by Crippen LogP contribution is -2.16. The van der Waals surface area contributed by atoms with Crippen LogP contribution in [0.1, 0.15) is 33.4 Å². The molecule has 8 aromatic carbocycles. The van der Waals surface area contributed by atoms with Crippen LogP contribution in [0.4, 0.5) is 0 Å². The average molecular weight is 819 g/mol. The molecule has 0 aromatic heterocycles. The fraction of sp³-hybridized carbons (Fsp3) is 0.185. The Bertz CT molecular complexity index is 2720. The van der Waals surface area contributed by atoms with Crippen LogP contribution in [0.5, 0.6) is 11.5 Å². The first-order valence-electron chi connectivity index (χ1n) is 20.3. The summed E-state index contributed by atoms with van der Waals surface area (Å²) in [5.74, 6) is 9.03. The van der Waals surface area contributed by atoms with E-state index in [9.17, 15) is 0 Å². The van der Waals surface area contributed by atoms with Gasteiger partial charge in [-0.15, -0.1) is 11.1 Å². The van der Waals surface area contributed by atoms with E-state index in [-0.39, 0.29) is 0 Å². The molecular weight excluding hydrogens is 769 g/mol. The Hall–Kier alpha value is -5.70. The summed E-state index contributed by atoms with van der Waals surface area (Å²) in [6.45, 7) is 13.8. The number of ether oxygens (including phenoxy) is 2. The molecule has 0 saturated carbocycles. The SMILES string of the molecule is COc1ccc(Sc2ccc(OC)cc2Cc2c3ccccc3c(C#C[Si](C)(C)C)c3ccccc23)c(Cc2c3ccccc3c(C#C[Si](C)(C)C)c3ccccc23)c1. The van der Waals surface area contributed by atoms with Crippen molar-refractivity contribution in [1.29, 1.82) is 0 Å². The Balaban J connectivity index is 1.27. The van der Waals surface area contributed by atoms with Gasteiger partial charge in [-0.25, -0.2) is 0 Å². The Morgan fingerprint density at radius 2 is 0.729 bits per heavy atom. The molecule has 0 aliphatic rings. The lowest BCUT2D eigenvalue weighted by atomic mass is 9.89. The Morgan fingerprint density at radius 1 is 0.424 bits per heavy atom. The van der Waals surface area contributed by atoms with Crippen LogP contribution < -0.4 is 9.47 Å². The zero-order chi connectivity index (χ0) is 41.3. The van der Waals surface area contributed by atoms with Gasteiger partial charge in [-0.3, -0.25) is 0 Å². The summed E-state index contributed by atoms with van der Waals surface area (Å²) in [5, 5.41) is 9.80. The highest BCUT2D eigenvalue weighted by atomic mass is 32.2. The van der Waals surface area contributed by atoms with Crippen LogP contribution in [-0.4, -0.2) is 30.4 Å². The van der Waals surface area contributed by atoms with E-state index in [0.29, 0.717) is 0 Å². The Morgan fingerprint density at radius 3 is 1.02 bits per heavy atom. The van der Waals surface area contributed by atoms with Gasteiger partial charge in [0.05, 0.1) is 14.2 Å². The van der Waals surface area contributed by atoms with E-state index in [1.54, 1.807) is 14.2 Å². The average Bonchev–Trinajstić information content (AvgIpc) is 3.23. The molecule has 0 amide bonds. The number of benzene rings is 8. The first kappa shape index (κ1) is 40.1. The fourth-order valence-corrected chi connectivity index (χ4v) is 9.96. The molecule has 0 spiro atoms. The third kappa shape index (κ3) is 8.57. The molecule has 0 aliphatic heterocycles. The molecule has 2 nitrogen and oxygen atoms in total. The van der Waals surface area contributed by atoms with Crippen molar-refractivity contribution in [3.8, 4) is 34.4 Å². The van der Waals surface area contributed by atoms with Gasteiger partial charge < -0.3 is 9.47 Å². The van der Waals surface area contributed by atoms with Crippen LogP contribution in [0.15, 0.2) is 143 Å². The molecule has 0 aliphatic carbocycles. The van der Waals surface area contributed by atoms with Crippen molar-refractivity contribution < 1.29 is 9.47 Å². The number of methoxy groups -OCH3 is 2. The molecule has 0 fully saturated rings.